The van der Waals surface area contributed by atoms with Crippen molar-refractivity contribution in [3.63, 3.8) is 0 Å². The van der Waals surface area contributed by atoms with Crippen LogP contribution in [0.25, 0.3) is 0 Å². The third-order valence-electron chi connectivity index (χ3n) is 2.69. The van der Waals surface area contributed by atoms with Gasteiger partial charge < -0.3 is 10.0 Å². The maximum atomic E-state index is 12.1. The summed E-state index contributed by atoms with van der Waals surface area (Å²) in [6.45, 7) is 3.86. The normalized spacial score (nSPS) is 12.2. The highest BCUT2D eigenvalue weighted by atomic mass is 16.4. The third kappa shape index (κ3) is 3.55. The Morgan fingerprint density at radius 1 is 1.33 bits per heavy atom. The van der Waals surface area contributed by atoms with Gasteiger partial charge in [0.15, 0.2) is 0 Å². The average molecular weight is 250 g/mol. The van der Waals surface area contributed by atoms with Gasteiger partial charge in [-0.15, -0.1) is 0 Å². The summed E-state index contributed by atoms with van der Waals surface area (Å²) >= 11 is 0. The molecular formula is C13H18N2O3. The number of pyridine rings is 1. The lowest BCUT2D eigenvalue weighted by molar-refractivity contribution is -0.142. The summed E-state index contributed by atoms with van der Waals surface area (Å²) < 4.78 is 0. The van der Waals surface area contributed by atoms with E-state index in [2.05, 4.69) is 4.98 Å². The second kappa shape index (κ2) is 6.14. The van der Waals surface area contributed by atoms with Crippen LogP contribution in [0, 0.1) is 5.92 Å². The standard InChI is InChI=1S/C13H18N2O3/c1-9(2)8-11(13(17)18)15(3)12(16)10-4-6-14-7-5-10/h4-7,9,11H,8H2,1-3H3,(H,17,18). The molecule has 0 radical (unpaired) electrons. The number of hydrogen-bond acceptors (Lipinski definition) is 3. The molecule has 0 spiro atoms. The van der Waals surface area contributed by atoms with Crippen molar-refractivity contribution in [1.29, 1.82) is 0 Å². The lowest BCUT2D eigenvalue weighted by Crippen LogP contribution is -2.43. The number of carbonyl (C=O) groups is 2. The topological polar surface area (TPSA) is 70.5 Å². The van der Waals surface area contributed by atoms with Crippen LogP contribution in [0.15, 0.2) is 24.5 Å². The molecule has 0 bridgehead atoms. The van der Waals surface area contributed by atoms with Crippen molar-refractivity contribution in [2.45, 2.75) is 26.3 Å². The Kier molecular flexibility index (Phi) is 4.83. The zero-order chi connectivity index (χ0) is 13.7. The van der Waals surface area contributed by atoms with E-state index < -0.39 is 12.0 Å². The number of carboxylic acids is 1. The fraction of sp³-hybridized carbons (Fsp3) is 0.462. The Bertz CT molecular complexity index is 418. The van der Waals surface area contributed by atoms with E-state index in [4.69, 9.17) is 0 Å². The Morgan fingerprint density at radius 2 is 1.89 bits per heavy atom. The van der Waals surface area contributed by atoms with Gasteiger partial charge in [-0.05, 0) is 24.5 Å². The summed E-state index contributed by atoms with van der Waals surface area (Å²) in [6.07, 6.45) is 3.46. The molecular weight excluding hydrogens is 232 g/mol. The van der Waals surface area contributed by atoms with Gasteiger partial charge in [0.25, 0.3) is 5.91 Å². The van der Waals surface area contributed by atoms with E-state index in [9.17, 15) is 14.7 Å². The summed E-state index contributed by atoms with van der Waals surface area (Å²) in [4.78, 5) is 28.4. The summed E-state index contributed by atoms with van der Waals surface area (Å²) in [5, 5.41) is 9.18. The minimum absolute atomic E-state index is 0.207. The highest BCUT2D eigenvalue weighted by molar-refractivity contribution is 5.96. The van der Waals surface area contributed by atoms with Crippen LogP contribution in [0.2, 0.25) is 0 Å². The van der Waals surface area contributed by atoms with Crippen LogP contribution in [-0.4, -0.2) is 40.0 Å². The first-order valence-electron chi connectivity index (χ1n) is 5.83. The van der Waals surface area contributed by atoms with Crippen LogP contribution in [0.1, 0.15) is 30.6 Å². The molecule has 0 aromatic carbocycles. The zero-order valence-electron chi connectivity index (χ0n) is 10.8. The van der Waals surface area contributed by atoms with Gasteiger partial charge >= 0.3 is 5.97 Å². The quantitative estimate of drug-likeness (QED) is 0.862. The van der Waals surface area contributed by atoms with Crippen molar-refractivity contribution in [3.05, 3.63) is 30.1 Å². The fourth-order valence-corrected chi connectivity index (χ4v) is 1.71. The Hall–Kier alpha value is -1.91. The van der Waals surface area contributed by atoms with Gasteiger partial charge in [0.1, 0.15) is 6.04 Å². The minimum Gasteiger partial charge on any atom is -0.480 e. The molecule has 0 aliphatic rings. The molecule has 1 heterocycles. The Balaban J connectivity index is 2.86. The van der Waals surface area contributed by atoms with Crippen LogP contribution < -0.4 is 0 Å². The predicted molar refractivity (Wildman–Crippen MR) is 67.2 cm³/mol. The van der Waals surface area contributed by atoms with E-state index in [1.165, 1.54) is 24.3 Å². The van der Waals surface area contributed by atoms with E-state index in [0.29, 0.717) is 12.0 Å². The summed E-state index contributed by atoms with van der Waals surface area (Å²) in [5.74, 6) is -1.07. The monoisotopic (exact) mass is 250 g/mol. The predicted octanol–water partition coefficient (Wildman–Crippen LogP) is 1.65. The van der Waals surface area contributed by atoms with Gasteiger partial charge in [0.05, 0.1) is 0 Å². The molecule has 1 N–H and O–H groups in total. The summed E-state index contributed by atoms with van der Waals surface area (Å²) in [5.41, 5.74) is 0.447. The van der Waals surface area contributed by atoms with Gasteiger partial charge in [-0.3, -0.25) is 9.78 Å². The van der Waals surface area contributed by atoms with Crippen LogP contribution in [0.3, 0.4) is 0 Å². The van der Waals surface area contributed by atoms with Gasteiger partial charge in [-0.25, -0.2) is 4.79 Å². The van der Waals surface area contributed by atoms with E-state index in [1.807, 2.05) is 13.8 Å². The average Bonchev–Trinajstić information content (AvgIpc) is 2.34. The number of amides is 1. The number of hydrogen-bond donors (Lipinski definition) is 1. The van der Waals surface area contributed by atoms with Crippen molar-refractivity contribution < 1.29 is 14.7 Å². The molecule has 5 heteroatoms. The van der Waals surface area contributed by atoms with E-state index in [0.717, 1.165) is 0 Å². The molecule has 1 aromatic rings. The van der Waals surface area contributed by atoms with Gasteiger partial charge in [0.2, 0.25) is 0 Å². The van der Waals surface area contributed by atoms with Gasteiger partial charge in [-0.2, -0.15) is 0 Å². The number of aromatic nitrogens is 1. The second-order valence-corrected chi connectivity index (χ2v) is 4.64. The molecule has 0 saturated carbocycles. The van der Waals surface area contributed by atoms with Crippen LogP contribution in [0.4, 0.5) is 0 Å². The SMILES string of the molecule is CC(C)CC(C(=O)O)N(C)C(=O)c1ccncc1. The van der Waals surface area contributed by atoms with Crippen molar-refractivity contribution in [2.75, 3.05) is 7.05 Å². The molecule has 1 amide bonds. The van der Waals surface area contributed by atoms with Crippen LogP contribution >= 0.6 is 0 Å². The Labute approximate surface area is 106 Å². The minimum atomic E-state index is -0.978. The first-order valence-corrected chi connectivity index (χ1v) is 5.83. The second-order valence-electron chi connectivity index (χ2n) is 4.64. The molecule has 5 nitrogen and oxygen atoms in total. The highest BCUT2D eigenvalue weighted by Crippen LogP contribution is 2.13. The number of nitrogens with zero attached hydrogens (tertiary/aromatic N) is 2. The smallest absolute Gasteiger partial charge is 0.326 e. The molecule has 0 aliphatic heterocycles. The third-order valence-corrected chi connectivity index (χ3v) is 2.69. The zero-order valence-corrected chi connectivity index (χ0v) is 10.8. The molecule has 0 fully saturated rings. The van der Waals surface area contributed by atoms with Crippen LogP contribution in [0.5, 0.6) is 0 Å². The molecule has 1 rings (SSSR count). The fourth-order valence-electron chi connectivity index (χ4n) is 1.71. The van der Waals surface area contributed by atoms with E-state index >= 15 is 0 Å². The van der Waals surface area contributed by atoms with Gasteiger partial charge in [-0.1, -0.05) is 13.8 Å². The first kappa shape index (κ1) is 14.2. The highest BCUT2D eigenvalue weighted by Gasteiger charge is 2.27. The molecule has 98 valence electrons. The largest absolute Gasteiger partial charge is 0.480 e. The van der Waals surface area contributed by atoms with E-state index in [-0.39, 0.29) is 11.8 Å². The van der Waals surface area contributed by atoms with Crippen molar-refractivity contribution in [3.8, 4) is 0 Å². The van der Waals surface area contributed by atoms with E-state index in [1.54, 1.807) is 12.1 Å². The van der Waals surface area contributed by atoms with Crippen molar-refractivity contribution >= 4 is 11.9 Å². The number of likely N-dealkylation sites (N-methyl/N-ethyl adjacent to an activating group) is 1. The number of carboxylic acid groups (broad SMARTS) is 1. The van der Waals surface area contributed by atoms with Crippen molar-refractivity contribution in [2.24, 2.45) is 5.92 Å². The molecule has 18 heavy (non-hydrogen) atoms. The summed E-state index contributed by atoms with van der Waals surface area (Å²) in [7, 11) is 1.52. The lowest BCUT2D eigenvalue weighted by atomic mass is 10.0. The number of carbonyl (C=O) groups excluding carboxylic acids is 1. The Morgan fingerprint density at radius 3 is 2.33 bits per heavy atom. The van der Waals surface area contributed by atoms with Crippen LogP contribution in [-0.2, 0) is 4.79 Å². The molecule has 1 unspecified atom stereocenters. The number of aliphatic carboxylic acids is 1. The number of rotatable bonds is 5. The molecule has 1 aromatic heterocycles. The first-order chi connectivity index (χ1) is 8.43. The molecule has 0 saturated heterocycles. The van der Waals surface area contributed by atoms with Gasteiger partial charge in [0, 0.05) is 25.0 Å². The molecule has 1 atom stereocenters. The lowest BCUT2D eigenvalue weighted by Gasteiger charge is -2.26. The molecule has 0 aliphatic carbocycles. The summed E-state index contributed by atoms with van der Waals surface area (Å²) in [6, 6.07) is 2.35. The van der Waals surface area contributed by atoms with Crippen molar-refractivity contribution in [1.82, 2.24) is 9.88 Å². The maximum Gasteiger partial charge on any atom is 0.326 e. The maximum absolute atomic E-state index is 12.1.